The molecule has 0 unspecified atom stereocenters. The van der Waals surface area contributed by atoms with Gasteiger partial charge in [0.15, 0.2) is 11.2 Å². The molecule has 2 aromatic heterocycles. The van der Waals surface area contributed by atoms with Gasteiger partial charge >= 0.3 is 5.97 Å². The van der Waals surface area contributed by atoms with E-state index in [1.807, 2.05) is 38.1 Å². The van der Waals surface area contributed by atoms with Gasteiger partial charge < -0.3 is 34.7 Å². The maximum atomic E-state index is 11.5. The maximum absolute atomic E-state index is 11.5. The van der Waals surface area contributed by atoms with Gasteiger partial charge in [0, 0.05) is 41.3 Å². The van der Waals surface area contributed by atoms with Gasteiger partial charge in [0.25, 0.3) is 0 Å². The van der Waals surface area contributed by atoms with E-state index in [1.54, 1.807) is 0 Å². The second-order valence-electron chi connectivity index (χ2n) is 15.8. The number of carboxylic acid groups (broad SMARTS) is 1. The molecule has 0 saturated heterocycles. The first-order valence-electron chi connectivity index (χ1n) is 19.9. The second kappa shape index (κ2) is 28.0. The lowest BCUT2D eigenvalue weighted by molar-refractivity contribution is -0.137. The fraction of sp³-hybridized carbons (Fsp3) is 0.636. The lowest BCUT2D eigenvalue weighted by atomic mass is 9.89. The van der Waals surface area contributed by atoms with Crippen LogP contribution in [0.4, 0.5) is 0 Å². The number of hydrogen-bond acceptors (Lipinski definition) is 9. The number of hydrogen-bond donors (Lipinski definition) is 3. The van der Waals surface area contributed by atoms with Gasteiger partial charge in [-0.3, -0.25) is 9.59 Å². The van der Waals surface area contributed by atoms with Crippen molar-refractivity contribution in [2.24, 2.45) is 16.6 Å². The van der Waals surface area contributed by atoms with E-state index in [9.17, 15) is 9.59 Å². The lowest BCUT2D eigenvalue weighted by Gasteiger charge is -2.16. The number of carbonyl (C=O) groups excluding carboxylic acids is 1. The number of aliphatic carboxylic acids is 1. The van der Waals surface area contributed by atoms with Crippen LogP contribution >= 0.6 is 23.2 Å². The van der Waals surface area contributed by atoms with Crippen molar-refractivity contribution in [3.05, 3.63) is 46.8 Å². The number of amides is 1. The molecule has 0 saturated carbocycles. The first-order chi connectivity index (χ1) is 26.5. The summed E-state index contributed by atoms with van der Waals surface area (Å²) in [7, 11) is 0. The van der Waals surface area contributed by atoms with E-state index in [4.69, 9.17) is 52.6 Å². The van der Waals surface area contributed by atoms with Crippen LogP contribution in [0.5, 0.6) is 11.5 Å². The quantitative estimate of drug-likeness (QED) is 0.0689. The molecule has 0 atom stereocenters. The number of rotatable bonds is 17. The van der Waals surface area contributed by atoms with Crippen LogP contribution in [0.1, 0.15) is 138 Å². The van der Waals surface area contributed by atoms with Crippen LogP contribution < -0.4 is 20.5 Å². The van der Waals surface area contributed by atoms with E-state index in [0.29, 0.717) is 39.0 Å². The summed E-state index contributed by atoms with van der Waals surface area (Å²) < 4.78 is 23.1. The van der Waals surface area contributed by atoms with Crippen molar-refractivity contribution < 1.29 is 33.2 Å². The highest BCUT2D eigenvalue weighted by Gasteiger charge is 2.22. The molecule has 0 radical (unpaired) electrons. The third kappa shape index (κ3) is 20.1. The Kier molecular flexibility index (Phi) is 26.2. The van der Waals surface area contributed by atoms with Gasteiger partial charge in [-0.05, 0) is 87.1 Å². The summed E-state index contributed by atoms with van der Waals surface area (Å²) in [5, 5.41) is 22.4. The van der Waals surface area contributed by atoms with Crippen molar-refractivity contribution in [1.82, 2.24) is 15.6 Å². The summed E-state index contributed by atoms with van der Waals surface area (Å²) in [5.41, 5.74) is 10.9. The highest BCUT2D eigenvalue weighted by molar-refractivity contribution is 6.40. The predicted octanol–water partition coefficient (Wildman–Crippen LogP) is 11.3. The van der Waals surface area contributed by atoms with Crippen molar-refractivity contribution in [3.8, 4) is 11.5 Å². The largest absolute Gasteiger partial charge is 0.493 e. The molecule has 0 spiro atoms. The molecule has 1 amide bonds. The molecule has 57 heavy (non-hydrogen) atoms. The molecule has 4 N–H and O–H groups in total. The number of ether oxygens (including phenoxy) is 2. The summed E-state index contributed by atoms with van der Waals surface area (Å²) in [6, 6.07) is 8.02. The number of fused-ring (bicyclic) bond motifs is 2. The maximum Gasteiger partial charge on any atom is 0.303 e. The number of carboxylic acids is 1. The summed E-state index contributed by atoms with van der Waals surface area (Å²) in [6.07, 6.45) is 7.21. The van der Waals surface area contributed by atoms with Gasteiger partial charge in [-0.2, -0.15) is 0 Å². The number of aryl methyl sites for hydroxylation is 2. The van der Waals surface area contributed by atoms with Gasteiger partial charge in [0.05, 0.1) is 29.9 Å². The van der Waals surface area contributed by atoms with Crippen LogP contribution in [0.2, 0.25) is 0 Å². The molecule has 0 aliphatic rings. The zero-order valence-electron chi connectivity index (χ0n) is 35.5. The van der Waals surface area contributed by atoms with Crippen molar-refractivity contribution >= 4 is 57.0 Å². The number of halogens is 2. The van der Waals surface area contributed by atoms with Gasteiger partial charge in [-0.1, -0.05) is 92.9 Å². The molecule has 2 heterocycles. The monoisotopic (exact) mass is 838 g/mol. The fourth-order valence-electron chi connectivity index (χ4n) is 5.79. The second-order valence-corrected chi connectivity index (χ2v) is 16.6. The number of nitrogens with one attached hydrogen (secondary N) is 1. The highest BCUT2D eigenvalue weighted by atomic mass is 35.5. The van der Waals surface area contributed by atoms with Crippen molar-refractivity contribution in [1.29, 1.82) is 0 Å². The van der Waals surface area contributed by atoms with Crippen molar-refractivity contribution in [3.63, 3.8) is 0 Å². The minimum atomic E-state index is -0.801. The fourth-order valence-corrected chi connectivity index (χ4v) is 5.79. The minimum Gasteiger partial charge on any atom is -0.493 e. The van der Waals surface area contributed by atoms with Crippen LogP contribution in [-0.4, -0.2) is 58.9 Å². The number of alkyl halides is 2. The molecule has 13 heteroatoms. The van der Waals surface area contributed by atoms with Gasteiger partial charge in [-0.25, -0.2) is 0 Å². The third-order valence-corrected chi connectivity index (χ3v) is 7.92. The Hall–Kier alpha value is -3.54. The van der Waals surface area contributed by atoms with E-state index in [-0.39, 0.29) is 35.9 Å². The minimum absolute atomic E-state index is 0. The molecule has 4 aromatic rings. The van der Waals surface area contributed by atoms with E-state index < -0.39 is 5.97 Å². The van der Waals surface area contributed by atoms with Crippen LogP contribution in [0.3, 0.4) is 0 Å². The third-order valence-electron chi connectivity index (χ3n) is 7.92. The Morgan fingerprint density at radius 2 is 1.14 bits per heavy atom. The molecule has 0 fully saturated rings. The number of carbonyl (C=O) groups is 2. The van der Waals surface area contributed by atoms with E-state index in [0.717, 1.165) is 101 Å². The summed E-state index contributed by atoms with van der Waals surface area (Å²) >= 11 is 9.53. The molecule has 0 bridgehead atoms. The molecular weight excluding hydrogens is 767 g/mol. The normalized spacial score (nSPS) is 11.0. The predicted molar refractivity (Wildman–Crippen MR) is 236 cm³/mol. The molecule has 0 aliphatic carbocycles. The molecule has 2 aromatic carbocycles. The standard InChI is InChI=1S/C21H32N2O3.C19H27NO4.C2H7N.CH2Cl2.CH4/c1-6-9-16-18(25-13-8-10-19(24)22-7-2)12-11-15-17(14-21(3,4)5)23-26-20(15)16;1-5-7-14-16(23-11-6-8-17(21)22)10-9-13-15(12-19(2,3)4)20-24-18(13)14;1-2-3;2-1-3;/h11-12H,6-10,13-14H2,1-5H3,(H,22,24);9-10H,5-8,11-12H2,1-4H3,(H,21,22);2-3H2,1H3;1H2;1H4. The Balaban J connectivity index is 0.000000953. The van der Waals surface area contributed by atoms with E-state index in [1.165, 1.54) is 0 Å². The van der Waals surface area contributed by atoms with E-state index in [2.05, 4.69) is 71.0 Å². The molecule has 324 valence electrons. The zero-order chi connectivity index (χ0) is 42.3. The Morgan fingerprint density at radius 1 is 0.754 bits per heavy atom. The SMILES string of the molecule is C.CCCc1c(OCCCC(=O)NCC)ccc2c(CC(C)(C)C)noc12.CCCc1c(OCCCC(=O)O)ccc2c(CC(C)(C)C)noc12.CCN.ClCCl. The average molecular weight is 840 g/mol. The number of benzene rings is 2. The smallest absolute Gasteiger partial charge is 0.303 e. The molecular formula is C44H72Cl2N4O7. The van der Waals surface area contributed by atoms with Crippen LogP contribution in [0, 0.1) is 10.8 Å². The molecule has 4 rings (SSSR count). The highest BCUT2D eigenvalue weighted by Crippen LogP contribution is 2.35. The van der Waals surface area contributed by atoms with Crippen molar-refractivity contribution in [2.75, 3.05) is 31.6 Å². The Labute approximate surface area is 352 Å². The number of nitrogens with zero attached hydrogens (tertiary/aromatic N) is 2. The molecule has 0 aliphatic heterocycles. The average Bonchev–Trinajstić information content (AvgIpc) is 3.70. The lowest BCUT2D eigenvalue weighted by Crippen LogP contribution is -2.22. The summed E-state index contributed by atoms with van der Waals surface area (Å²) in [6.45, 7) is 23.5. The number of nitrogens with two attached hydrogens (primary N) is 1. The first kappa shape index (κ1) is 53.5. The Bertz CT molecular complexity index is 1720. The topological polar surface area (TPSA) is 163 Å². The van der Waals surface area contributed by atoms with Gasteiger partial charge in [-0.15, -0.1) is 23.2 Å². The van der Waals surface area contributed by atoms with Crippen molar-refractivity contribution in [2.45, 2.75) is 141 Å². The first-order valence-corrected chi connectivity index (χ1v) is 20.9. The number of aromatic nitrogens is 2. The van der Waals surface area contributed by atoms with Crippen LogP contribution in [0.25, 0.3) is 21.9 Å². The van der Waals surface area contributed by atoms with E-state index >= 15 is 0 Å². The van der Waals surface area contributed by atoms with Crippen LogP contribution in [-0.2, 0) is 35.3 Å². The Morgan fingerprint density at radius 3 is 1.47 bits per heavy atom. The van der Waals surface area contributed by atoms with Gasteiger partial charge in [0.2, 0.25) is 5.91 Å². The molecule has 11 nitrogen and oxygen atoms in total. The van der Waals surface area contributed by atoms with Gasteiger partial charge in [0.1, 0.15) is 11.5 Å². The van der Waals surface area contributed by atoms with Crippen LogP contribution in [0.15, 0.2) is 33.3 Å². The summed E-state index contributed by atoms with van der Waals surface area (Å²) in [5.74, 6) is 0.884. The summed E-state index contributed by atoms with van der Waals surface area (Å²) in [4.78, 5) is 22.1. The zero-order valence-corrected chi connectivity index (χ0v) is 37.1.